The summed E-state index contributed by atoms with van der Waals surface area (Å²) >= 11 is 3.60. The van der Waals surface area contributed by atoms with E-state index in [0.29, 0.717) is 6.04 Å². The molecule has 4 nitrogen and oxygen atoms in total. The molecule has 2 N–H and O–H groups in total. The Morgan fingerprint density at radius 2 is 2.08 bits per heavy atom. The lowest BCUT2D eigenvalue weighted by molar-refractivity contribution is 0.348. The number of hydrogen-bond acceptors (Lipinski definition) is 3. The van der Waals surface area contributed by atoms with Crippen LogP contribution in [0.2, 0.25) is 0 Å². The van der Waals surface area contributed by atoms with Gasteiger partial charge in [-0.1, -0.05) is 28.1 Å². The van der Waals surface area contributed by atoms with Crippen LogP contribution in [0.1, 0.15) is 35.7 Å². The predicted octanol–water partition coefficient (Wildman–Crippen LogP) is 5.11. The van der Waals surface area contributed by atoms with Gasteiger partial charge in [-0.05, 0) is 49.1 Å². The van der Waals surface area contributed by atoms with Gasteiger partial charge >= 0.3 is 0 Å². The maximum Gasteiger partial charge on any atom is 0.165 e. The van der Waals surface area contributed by atoms with Crippen molar-refractivity contribution in [2.24, 2.45) is 0 Å². The van der Waals surface area contributed by atoms with E-state index in [1.54, 1.807) is 14.2 Å². The lowest BCUT2D eigenvalue weighted by Gasteiger charge is -2.24. The number of nitrogens with one attached hydrogen (secondary N) is 2. The van der Waals surface area contributed by atoms with Gasteiger partial charge in [0, 0.05) is 39.2 Å². The summed E-state index contributed by atoms with van der Waals surface area (Å²) in [7, 11) is 3.36. The summed E-state index contributed by atoms with van der Waals surface area (Å²) in [4.78, 5) is 3.64. The van der Waals surface area contributed by atoms with Crippen molar-refractivity contribution in [2.45, 2.75) is 31.8 Å². The van der Waals surface area contributed by atoms with E-state index in [1.807, 2.05) is 12.1 Å². The zero-order valence-electron chi connectivity index (χ0n) is 15.1. The molecule has 0 saturated heterocycles. The Bertz CT molecular complexity index is 935. The average molecular weight is 415 g/mol. The Morgan fingerprint density at radius 1 is 1.19 bits per heavy atom. The monoisotopic (exact) mass is 414 g/mol. The van der Waals surface area contributed by atoms with Crippen LogP contribution in [-0.2, 0) is 13.0 Å². The van der Waals surface area contributed by atoms with E-state index in [1.165, 1.54) is 28.6 Å². The second-order valence-electron chi connectivity index (χ2n) is 6.69. The lowest BCUT2D eigenvalue weighted by Crippen LogP contribution is -2.25. The van der Waals surface area contributed by atoms with Crippen LogP contribution in [0.3, 0.4) is 0 Å². The Morgan fingerprint density at radius 3 is 2.88 bits per heavy atom. The summed E-state index contributed by atoms with van der Waals surface area (Å²) in [5.41, 5.74) is 5.09. The average Bonchev–Trinajstić information content (AvgIpc) is 3.04. The van der Waals surface area contributed by atoms with Crippen molar-refractivity contribution in [2.75, 3.05) is 14.2 Å². The van der Waals surface area contributed by atoms with Crippen LogP contribution in [0.25, 0.3) is 10.9 Å². The smallest absolute Gasteiger partial charge is 0.165 e. The molecule has 0 fully saturated rings. The van der Waals surface area contributed by atoms with Crippen LogP contribution < -0.4 is 14.8 Å². The van der Waals surface area contributed by atoms with Gasteiger partial charge in [-0.3, -0.25) is 0 Å². The molecule has 0 radical (unpaired) electrons. The van der Waals surface area contributed by atoms with Gasteiger partial charge in [-0.25, -0.2) is 0 Å². The summed E-state index contributed by atoms with van der Waals surface area (Å²) in [6, 6.07) is 12.8. The summed E-state index contributed by atoms with van der Waals surface area (Å²) in [5.74, 6) is 1.57. The highest BCUT2D eigenvalue weighted by Gasteiger charge is 2.24. The first-order valence-electron chi connectivity index (χ1n) is 8.94. The van der Waals surface area contributed by atoms with Crippen LogP contribution in [-0.4, -0.2) is 19.2 Å². The number of aromatic amines is 1. The Kier molecular flexibility index (Phi) is 4.92. The molecule has 136 valence electrons. The zero-order chi connectivity index (χ0) is 18.1. The maximum atomic E-state index is 5.56. The zero-order valence-corrected chi connectivity index (χ0v) is 16.7. The van der Waals surface area contributed by atoms with Gasteiger partial charge in [-0.2, -0.15) is 0 Å². The minimum Gasteiger partial charge on any atom is -0.493 e. The Balaban J connectivity index is 1.61. The lowest BCUT2D eigenvalue weighted by atomic mass is 9.91. The third-order valence-electron chi connectivity index (χ3n) is 5.19. The molecule has 26 heavy (non-hydrogen) atoms. The van der Waals surface area contributed by atoms with Crippen LogP contribution in [0.15, 0.2) is 40.9 Å². The highest BCUT2D eigenvalue weighted by Crippen LogP contribution is 2.37. The topological polar surface area (TPSA) is 46.3 Å². The fourth-order valence-electron chi connectivity index (χ4n) is 3.97. The van der Waals surface area contributed by atoms with E-state index in [4.69, 9.17) is 9.47 Å². The minimum atomic E-state index is 0.320. The van der Waals surface area contributed by atoms with Gasteiger partial charge in [-0.15, -0.1) is 0 Å². The molecule has 1 unspecified atom stereocenters. The maximum absolute atomic E-state index is 5.56. The van der Waals surface area contributed by atoms with Crippen molar-refractivity contribution < 1.29 is 9.47 Å². The van der Waals surface area contributed by atoms with E-state index in [2.05, 4.69) is 50.5 Å². The summed E-state index contributed by atoms with van der Waals surface area (Å²) in [6.45, 7) is 0.740. The third kappa shape index (κ3) is 3.10. The third-order valence-corrected chi connectivity index (χ3v) is 5.69. The van der Waals surface area contributed by atoms with Gasteiger partial charge in [0.2, 0.25) is 0 Å². The number of benzene rings is 2. The van der Waals surface area contributed by atoms with E-state index in [-0.39, 0.29) is 0 Å². The second-order valence-corrected chi connectivity index (χ2v) is 7.60. The molecule has 4 rings (SSSR count). The van der Waals surface area contributed by atoms with Crippen molar-refractivity contribution in [3.63, 3.8) is 0 Å². The fourth-order valence-corrected chi connectivity index (χ4v) is 4.33. The van der Waals surface area contributed by atoms with Gasteiger partial charge in [0.15, 0.2) is 11.5 Å². The molecule has 1 aliphatic carbocycles. The number of fused-ring (bicyclic) bond motifs is 3. The van der Waals surface area contributed by atoms with Gasteiger partial charge in [0.1, 0.15) is 0 Å². The predicted molar refractivity (Wildman–Crippen MR) is 108 cm³/mol. The number of methoxy groups -OCH3 is 2. The molecule has 2 aromatic carbocycles. The molecule has 3 aromatic rings. The van der Waals surface area contributed by atoms with Gasteiger partial charge in [0.25, 0.3) is 0 Å². The molecular formula is C21H23BrN2O2. The second kappa shape index (κ2) is 7.33. The molecule has 1 aliphatic rings. The number of aromatic nitrogens is 1. The molecule has 0 bridgehead atoms. The standard InChI is InChI=1S/C21H23BrN2O2/c1-25-19-8-3-5-13(21(19)26-2)12-23-18-7-4-6-15-16-11-14(22)9-10-17(16)24-20(15)18/h3,5,8-11,18,23-24H,4,6-7,12H2,1-2H3. The quantitative estimate of drug-likeness (QED) is 0.609. The largest absolute Gasteiger partial charge is 0.493 e. The molecule has 1 atom stereocenters. The molecule has 0 amide bonds. The fraction of sp³-hybridized carbons (Fsp3) is 0.333. The number of aryl methyl sites for hydroxylation is 1. The number of H-pyrrole nitrogens is 1. The molecule has 1 aromatic heterocycles. The van der Waals surface area contributed by atoms with Gasteiger partial charge in [0.05, 0.1) is 14.2 Å². The van der Waals surface area contributed by atoms with Crippen LogP contribution >= 0.6 is 15.9 Å². The van der Waals surface area contributed by atoms with Crippen molar-refractivity contribution in [3.8, 4) is 11.5 Å². The number of para-hydroxylation sites is 1. The number of halogens is 1. The van der Waals surface area contributed by atoms with Crippen molar-refractivity contribution in [1.29, 1.82) is 0 Å². The summed E-state index contributed by atoms with van der Waals surface area (Å²) in [5, 5.41) is 5.05. The molecule has 0 saturated carbocycles. The van der Waals surface area contributed by atoms with Crippen molar-refractivity contribution in [1.82, 2.24) is 10.3 Å². The SMILES string of the molecule is COc1cccc(CNC2CCCc3c2[nH]c2ccc(Br)cc32)c1OC. The number of rotatable bonds is 5. The highest BCUT2D eigenvalue weighted by atomic mass is 79.9. The van der Waals surface area contributed by atoms with Crippen LogP contribution in [0, 0.1) is 0 Å². The van der Waals surface area contributed by atoms with E-state index in [0.717, 1.165) is 40.9 Å². The highest BCUT2D eigenvalue weighted by molar-refractivity contribution is 9.10. The number of hydrogen-bond donors (Lipinski definition) is 2. The Hall–Kier alpha value is -1.98. The molecule has 0 spiro atoms. The first-order chi connectivity index (χ1) is 12.7. The summed E-state index contributed by atoms with van der Waals surface area (Å²) in [6.07, 6.45) is 3.46. The van der Waals surface area contributed by atoms with Crippen LogP contribution in [0.4, 0.5) is 0 Å². The van der Waals surface area contributed by atoms with E-state index >= 15 is 0 Å². The van der Waals surface area contributed by atoms with E-state index in [9.17, 15) is 0 Å². The number of ether oxygens (including phenoxy) is 2. The molecule has 1 heterocycles. The normalized spacial score (nSPS) is 16.5. The van der Waals surface area contributed by atoms with E-state index < -0.39 is 0 Å². The molecule has 5 heteroatoms. The first kappa shape index (κ1) is 17.4. The van der Waals surface area contributed by atoms with Gasteiger partial charge < -0.3 is 19.8 Å². The minimum absolute atomic E-state index is 0.320. The molecular weight excluding hydrogens is 392 g/mol. The summed E-state index contributed by atoms with van der Waals surface area (Å²) < 4.78 is 12.1. The van der Waals surface area contributed by atoms with Crippen molar-refractivity contribution in [3.05, 3.63) is 57.7 Å². The van der Waals surface area contributed by atoms with Crippen LogP contribution in [0.5, 0.6) is 11.5 Å². The Labute approximate surface area is 162 Å². The first-order valence-corrected chi connectivity index (χ1v) is 9.74. The van der Waals surface area contributed by atoms with Crippen molar-refractivity contribution >= 4 is 26.8 Å². The molecule has 0 aliphatic heterocycles.